The van der Waals surface area contributed by atoms with Gasteiger partial charge < -0.3 is 0 Å². The Bertz CT molecular complexity index is 327. The zero-order chi connectivity index (χ0) is 13.3. The molecule has 2 aliphatic heterocycles. The van der Waals surface area contributed by atoms with E-state index >= 15 is 0 Å². The molecule has 106 valence electrons. The largest absolute Gasteiger partial charge is 0.294 e. The van der Waals surface area contributed by atoms with Gasteiger partial charge in [-0.3, -0.25) is 4.90 Å². The monoisotopic (exact) mass is 259 g/mol. The summed E-state index contributed by atoms with van der Waals surface area (Å²) >= 11 is 0. The Kier molecular flexibility index (Phi) is 6.43. The average Bonchev–Trinajstić information content (AvgIpc) is 2.91. The minimum atomic E-state index is 0.704. The first kappa shape index (κ1) is 14.6. The number of rotatable bonds is 6. The molecule has 0 N–H and O–H groups in total. The summed E-state index contributed by atoms with van der Waals surface area (Å²) in [5.41, 5.74) is 0. The molecule has 0 spiro atoms. The fraction of sp³-hybridized carbons (Fsp3) is 0.667. The number of hydrogen-bond donors (Lipinski definition) is 0. The van der Waals surface area contributed by atoms with Gasteiger partial charge in [-0.05, 0) is 38.6 Å². The van der Waals surface area contributed by atoms with Crippen LogP contribution in [0.25, 0.3) is 0 Å². The lowest BCUT2D eigenvalue weighted by atomic mass is 9.96. The van der Waals surface area contributed by atoms with Crippen LogP contribution in [0.5, 0.6) is 0 Å². The lowest BCUT2D eigenvalue weighted by Gasteiger charge is -2.36. The van der Waals surface area contributed by atoms with Crippen LogP contribution >= 0.6 is 0 Å². The van der Waals surface area contributed by atoms with Crippen molar-refractivity contribution >= 4 is 0 Å². The Hall–Kier alpha value is -0.820. The molecule has 0 aromatic carbocycles. The first-order chi connectivity index (χ1) is 9.42. The molecule has 0 amide bonds. The normalized spacial score (nSPS) is 28.9. The summed E-state index contributed by atoms with van der Waals surface area (Å²) in [6.45, 7) is 3.56. The van der Waals surface area contributed by atoms with E-state index < -0.39 is 0 Å². The van der Waals surface area contributed by atoms with Gasteiger partial charge in [0.25, 0.3) is 0 Å². The fourth-order valence-corrected chi connectivity index (χ4v) is 3.36. The van der Waals surface area contributed by atoms with Crippen molar-refractivity contribution in [2.45, 2.75) is 70.4 Å². The third-order valence-corrected chi connectivity index (χ3v) is 4.41. The van der Waals surface area contributed by atoms with Crippen molar-refractivity contribution in [1.82, 2.24) is 4.90 Å². The van der Waals surface area contributed by atoms with Gasteiger partial charge in [0, 0.05) is 12.1 Å². The van der Waals surface area contributed by atoms with E-state index in [1.165, 1.54) is 57.9 Å². The molecule has 0 aliphatic carbocycles. The second kappa shape index (κ2) is 8.37. The van der Waals surface area contributed by atoms with Gasteiger partial charge in [-0.15, -0.1) is 0 Å². The van der Waals surface area contributed by atoms with Crippen molar-refractivity contribution in [3.63, 3.8) is 0 Å². The molecule has 2 fully saturated rings. The van der Waals surface area contributed by atoms with E-state index in [9.17, 15) is 0 Å². The molecule has 2 heterocycles. The Morgan fingerprint density at radius 2 is 1.84 bits per heavy atom. The van der Waals surface area contributed by atoms with Crippen LogP contribution in [0.15, 0.2) is 36.5 Å². The molecule has 2 rings (SSSR count). The minimum Gasteiger partial charge on any atom is -0.294 e. The summed E-state index contributed by atoms with van der Waals surface area (Å²) in [7, 11) is 0. The van der Waals surface area contributed by atoms with Crippen molar-refractivity contribution in [2.75, 3.05) is 6.54 Å². The topological polar surface area (TPSA) is 3.24 Å². The number of allylic oxidation sites excluding steroid dienone is 5. The van der Waals surface area contributed by atoms with E-state index in [2.05, 4.69) is 48.3 Å². The Morgan fingerprint density at radius 3 is 2.74 bits per heavy atom. The van der Waals surface area contributed by atoms with Crippen molar-refractivity contribution in [2.24, 2.45) is 0 Å². The standard InChI is InChI=1S/C18H29N/c1-2-3-4-5-6-7-8-9-12-17-13-10-14-18-15-11-16-19(17)18/h5-9,12,17-18H,2-4,10-11,13-16H2,1H3/b6-5+,8-7-,12-9+/t17-,18+/m0/s1. The predicted octanol–water partition coefficient (Wildman–Crippen LogP) is 4.86. The second-order valence-electron chi connectivity index (χ2n) is 5.87. The molecule has 2 atom stereocenters. The quantitative estimate of drug-likeness (QED) is 0.486. The number of nitrogens with zero attached hydrogens (tertiary/aromatic N) is 1. The maximum absolute atomic E-state index is 2.73. The zero-order valence-electron chi connectivity index (χ0n) is 12.4. The average molecular weight is 259 g/mol. The number of unbranched alkanes of at least 4 members (excludes halogenated alkanes) is 2. The van der Waals surface area contributed by atoms with Crippen LogP contribution in [-0.2, 0) is 0 Å². The maximum atomic E-state index is 2.73. The van der Waals surface area contributed by atoms with Gasteiger partial charge in [0.1, 0.15) is 0 Å². The van der Waals surface area contributed by atoms with Crippen LogP contribution in [0, 0.1) is 0 Å². The van der Waals surface area contributed by atoms with E-state index in [0.717, 1.165) is 6.04 Å². The number of hydrogen-bond acceptors (Lipinski definition) is 1. The zero-order valence-corrected chi connectivity index (χ0v) is 12.4. The summed E-state index contributed by atoms with van der Waals surface area (Å²) in [6, 6.07) is 1.59. The number of fused-ring (bicyclic) bond motifs is 1. The smallest absolute Gasteiger partial charge is 0.0284 e. The highest BCUT2D eigenvalue weighted by Gasteiger charge is 2.32. The van der Waals surface area contributed by atoms with E-state index in [1.54, 1.807) is 0 Å². The Labute approximate surface area is 119 Å². The first-order valence-corrected chi connectivity index (χ1v) is 8.17. The van der Waals surface area contributed by atoms with Crippen molar-refractivity contribution in [3.8, 4) is 0 Å². The second-order valence-corrected chi connectivity index (χ2v) is 5.87. The molecule has 2 aliphatic rings. The van der Waals surface area contributed by atoms with Crippen molar-refractivity contribution in [1.29, 1.82) is 0 Å². The number of piperidine rings is 1. The van der Waals surface area contributed by atoms with E-state index in [-0.39, 0.29) is 0 Å². The van der Waals surface area contributed by atoms with Crippen molar-refractivity contribution < 1.29 is 0 Å². The molecule has 1 heteroatoms. The van der Waals surface area contributed by atoms with Crippen LogP contribution in [0.4, 0.5) is 0 Å². The fourth-order valence-electron chi connectivity index (χ4n) is 3.36. The van der Waals surface area contributed by atoms with E-state index in [4.69, 9.17) is 0 Å². The molecule has 1 nitrogen and oxygen atoms in total. The summed E-state index contributed by atoms with van der Waals surface area (Å²) < 4.78 is 0. The Balaban J connectivity index is 1.72. The van der Waals surface area contributed by atoms with E-state index in [0.29, 0.717) is 6.04 Å². The summed E-state index contributed by atoms with van der Waals surface area (Å²) in [4.78, 5) is 2.73. The van der Waals surface area contributed by atoms with Gasteiger partial charge >= 0.3 is 0 Å². The summed E-state index contributed by atoms with van der Waals surface area (Å²) in [5, 5.41) is 0. The van der Waals surface area contributed by atoms with Gasteiger partial charge in [0.05, 0.1) is 0 Å². The highest BCUT2D eigenvalue weighted by molar-refractivity contribution is 5.13. The lowest BCUT2D eigenvalue weighted by Crippen LogP contribution is -2.41. The van der Waals surface area contributed by atoms with E-state index in [1.807, 2.05) is 0 Å². The van der Waals surface area contributed by atoms with Gasteiger partial charge in [0.15, 0.2) is 0 Å². The first-order valence-electron chi connectivity index (χ1n) is 8.17. The summed E-state index contributed by atoms with van der Waals surface area (Å²) in [6.07, 6.45) is 24.3. The van der Waals surface area contributed by atoms with Gasteiger partial charge in [-0.1, -0.05) is 62.6 Å². The molecule has 0 aromatic heterocycles. The SMILES string of the molecule is CCCC/C=C/C=C\C=C\[C@H]1CCC[C@@H]2CCCN21. The lowest BCUT2D eigenvalue weighted by molar-refractivity contribution is 0.153. The molecule has 0 bridgehead atoms. The molecular formula is C18H29N. The summed E-state index contributed by atoms with van der Waals surface area (Å²) in [5.74, 6) is 0. The third-order valence-electron chi connectivity index (χ3n) is 4.41. The van der Waals surface area contributed by atoms with Crippen molar-refractivity contribution in [3.05, 3.63) is 36.5 Å². The minimum absolute atomic E-state index is 0.704. The molecule has 2 saturated heterocycles. The van der Waals surface area contributed by atoms with Gasteiger partial charge in [0.2, 0.25) is 0 Å². The Morgan fingerprint density at radius 1 is 1.00 bits per heavy atom. The highest BCUT2D eigenvalue weighted by Crippen LogP contribution is 2.31. The molecule has 0 saturated carbocycles. The van der Waals surface area contributed by atoms with Crippen LogP contribution in [0.1, 0.15) is 58.3 Å². The molecule has 19 heavy (non-hydrogen) atoms. The molecule has 0 unspecified atom stereocenters. The van der Waals surface area contributed by atoms with Gasteiger partial charge in [-0.2, -0.15) is 0 Å². The molecular weight excluding hydrogens is 230 g/mol. The van der Waals surface area contributed by atoms with Crippen LogP contribution in [0.2, 0.25) is 0 Å². The molecule has 0 radical (unpaired) electrons. The van der Waals surface area contributed by atoms with Gasteiger partial charge in [-0.25, -0.2) is 0 Å². The van der Waals surface area contributed by atoms with Crippen LogP contribution < -0.4 is 0 Å². The highest BCUT2D eigenvalue weighted by atomic mass is 15.2. The van der Waals surface area contributed by atoms with Crippen LogP contribution in [-0.4, -0.2) is 23.5 Å². The molecule has 0 aromatic rings. The predicted molar refractivity (Wildman–Crippen MR) is 84.3 cm³/mol. The third kappa shape index (κ3) is 4.65. The van der Waals surface area contributed by atoms with Crippen LogP contribution in [0.3, 0.4) is 0 Å². The maximum Gasteiger partial charge on any atom is 0.0284 e.